The van der Waals surface area contributed by atoms with E-state index in [0.717, 1.165) is 15.6 Å². The molecule has 0 atom stereocenters. The Bertz CT molecular complexity index is 582. The molecule has 0 saturated heterocycles. The third kappa shape index (κ3) is 2.92. The zero-order valence-corrected chi connectivity index (χ0v) is 11.4. The Balaban J connectivity index is 2.10. The van der Waals surface area contributed by atoms with E-state index in [1.54, 1.807) is 0 Å². The molecule has 0 fully saturated rings. The Morgan fingerprint density at radius 1 is 1.39 bits per heavy atom. The van der Waals surface area contributed by atoms with Crippen molar-refractivity contribution in [3.8, 4) is 6.07 Å². The smallest absolute Gasteiger partial charge is 0.128 e. The van der Waals surface area contributed by atoms with E-state index in [4.69, 9.17) is 5.26 Å². The Labute approximate surface area is 114 Å². The van der Waals surface area contributed by atoms with E-state index in [0.29, 0.717) is 5.56 Å². The molecule has 1 aromatic carbocycles. The largest absolute Gasteiger partial charge is 0.362 e. The molecule has 0 radical (unpaired) electrons. The topological polar surface area (TPSA) is 48.7 Å². The average molecular weight is 273 g/mol. The number of para-hydroxylation sites is 1. The van der Waals surface area contributed by atoms with E-state index in [2.05, 4.69) is 15.8 Å². The van der Waals surface area contributed by atoms with E-state index in [1.807, 2.05) is 48.9 Å². The van der Waals surface area contributed by atoms with Crippen LogP contribution in [0.5, 0.6) is 0 Å². The summed E-state index contributed by atoms with van der Waals surface area (Å²) in [5, 5.41) is 13.0. The number of rotatable bonds is 4. The maximum Gasteiger partial charge on any atom is 0.128 e. The third-order valence-corrected chi connectivity index (χ3v) is 3.86. The third-order valence-electron chi connectivity index (χ3n) is 2.25. The van der Waals surface area contributed by atoms with Gasteiger partial charge in [0.15, 0.2) is 0 Å². The maximum absolute atomic E-state index is 9.08. The fraction of sp³-hybridized carbons (Fsp3) is 0.0769. The predicted octanol–water partition coefficient (Wildman–Crippen LogP) is 3.82. The van der Waals surface area contributed by atoms with Crippen molar-refractivity contribution in [1.82, 2.24) is 4.37 Å². The van der Waals surface area contributed by atoms with E-state index in [9.17, 15) is 0 Å². The molecule has 0 aliphatic carbocycles. The van der Waals surface area contributed by atoms with Crippen LogP contribution in [0.4, 0.5) is 5.69 Å². The van der Waals surface area contributed by atoms with Crippen LogP contribution in [0.15, 0.2) is 41.6 Å². The fourth-order valence-electron chi connectivity index (χ4n) is 1.39. The molecule has 18 heavy (non-hydrogen) atoms. The lowest BCUT2D eigenvalue weighted by Crippen LogP contribution is -1.85. The van der Waals surface area contributed by atoms with Crippen LogP contribution in [0.1, 0.15) is 10.4 Å². The lowest BCUT2D eigenvalue weighted by Gasteiger charge is -1.98. The molecule has 0 unspecified atom stereocenters. The second-order valence-electron chi connectivity index (χ2n) is 3.39. The van der Waals surface area contributed by atoms with Crippen LogP contribution in [-0.2, 0) is 0 Å². The van der Waals surface area contributed by atoms with Gasteiger partial charge < -0.3 is 5.32 Å². The van der Waals surface area contributed by atoms with Crippen molar-refractivity contribution < 1.29 is 0 Å². The number of aromatic nitrogens is 1. The lowest BCUT2D eigenvalue weighted by molar-refractivity contribution is 1.25. The van der Waals surface area contributed by atoms with Gasteiger partial charge in [0.1, 0.15) is 16.7 Å². The number of nitriles is 1. The Morgan fingerprint density at radius 2 is 2.17 bits per heavy atom. The summed E-state index contributed by atoms with van der Waals surface area (Å²) in [7, 11) is 0. The van der Waals surface area contributed by atoms with Gasteiger partial charge in [-0.05, 0) is 36.0 Å². The van der Waals surface area contributed by atoms with Crippen LogP contribution in [0.2, 0.25) is 0 Å². The van der Waals surface area contributed by atoms with Crippen molar-refractivity contribution in [3.63, 3.8) is 0 Å². The lowest BCUT2D eigenvalue weighted by atomic mass is 10.3. The van der Waals surface area contributed by atoms with Crippen molar-refractivity contribution in [2.75, 3.05) is 11.6 Å². The van der Waals surface area contributed by atoms with Crippen molar-refractivity contribution in [2.24, 2.45) is 0 Å². The van der Waals surface area contributed by atoms with Gasteiger partial charge in [0.2, 0.25) is 0 Å². The summed E-state index contributed by atoms with van der Waals surface area (Å²) >= 11 is 2.83. The van der Waals surface area contributed by atoms with Gasteiger partial charge in [-0.3, -0.25) is 0 Å². The molecule has 0 amide bonds. The normalized spacial score (nSPS) is 10.4. The molecule has 2 rings (SSSR count). The Morgan fingerprint density at radius 3 is 2.83 bits per heavy atom. The summed E-state index contributed by atoms with van der Waals surface area (Å²) in [4.78, 5) is 0.880. The fourth-order valence-corrected chi connectivity index (χ4v) is 2.86. The molecule has 0 bridgehead atoms. The van der Waals surface area contributed by atoms with Gasteiger partial charge in [-0.1, -0.05) is 18.2 Å². The quantitative estimate of drug-likeness (QED) is 0.860. The summed E-state index contributed by atoms with van der Waals surface area (Å²) in [5.41, 5.74) is 1.67. The molecule has 0 saturated carbocycles. The van der Waals surface area contributed by atoms with Gasteiger partial charge in [0, 0.05) is 11.9 Å². The minimum Gasteiger partial charge on any atom is -0.362 e. The SMILES string of the molecule is CSc1nsc(C=CNc2ccccc2)c1C#N. The van der Waals surface area contributed by atoms with Gasteiger partial charge in [-0.2, -0.15) is 9.64 Å². The summed E-state index contributed by atoms with van der Waals surface area (Å²) in [6.07, 6.45) is 5.63. The van der Waals surface area contributed by atoms with E-state index >= 15 is 0 Å². The van der Waals surface area contributed by atoms with Crippen LogP contribution in [0.25, 0.3) is 6.08 Å². The van der Waals surface area contributed by atoms with Crippen molar-refractivity contribution >= 4 is 35.1 Å². The maximum atomic E-state index is 9.08. The number of hydrogen-bond donors (Lipinski definition) is 1. The molecule has 1 heterocycles. The first-order chi connectivity index (χ1) is 8.85. The van der Waals surface area contributed by atoms with Crippen LogP contribution in [-0.4, -0.2) is 10.6 Å². The summed E-state index contributed by atoms with van der Waals surface area (Å²) in [5.74, 6) is 0. The summed E-state index contributed by atoms with van der Waals surface area (Å²) in [6, 6.07) is 12.1. The predicted molar refractivity (Wildman–Crippen MR) is 77.7 cm³/mol. The number of thioether (sulfide) groups is 1. The molecule has 1 aromatic heterocycles. The van der Waals surface area contributed by atoms with Crippen LogP contribution in [0, 0.1) is 11.3 Å². The number of benzene rings is 1. The van der Waals surface area contributed by atoms with Crippen LogP contribution < -0.4 is 5.32 Å². The minimum atomic E-state index is 0.651. The highest BCUT2D eigenvalue weighted by atomic mass is 32.2. The molecule has 0 spiro atoms. The molecular formula is C13H11N3S2. The first-order valence-electron chi connectivity index (χ1n) is 5.27. The highest BCUT2D eigenvalue weighted by Gasteiger charge is 2.09. The molecule has 5 heteroatoms. The second-order valence-corrected chi connectivity index (χ2v) is 4.99. The molecule has 2 aromatic rings. The average Bonchev–Trinajstić information content (AvgIpc) is 2.82. The molecule has 0 aliphatic heterocycles. The molecular weight excluding hydrogens is 262 g/mol. The highest BCUT2D eigenvalue weighted by Crippen LogP contribution is 2.26. The summed E-state index contributed by atoms with van der Waals surface area (Å²) in [6.45, 7) is 0. The Kier molecular flexibility index (Phi) is 4.40. The minimum absolute atomic E-state index is 0.651. The molecule has 90 valence electrons. The standard InChI is InChI=1S/C13H11N3S2/c1-17-13-11(9-14)12(18-16-13)7-8-15-10-5-3-2-4-6-10/h2-8,15H,1H3. The monoisotopic (exact) mass is 273 g/mol. The highest BCUT2D eigenvalue weighted by molar-refractivity contribution is 7.98. The number of nitrogens with one attached hydrogen (secondary N) is 1. The van der Waals surface area contributed by atoms with Crippen LogP contribution in [0.3, 0.4) is 0 Å². The molecule has 1 N–H and O–H groups in total. The number of hydrogen-bond acceptors (Lipinski definition) is 5. The molecule has 0 aliphatic rings. The zero-order chi connectivity index (χ0) is 12.8. The van der Waals surface area contributed by atoms with Gasteiger partial charge in [0.05, 0.1) is 4.88 Å². The van der Waals surface area contributed by atoms with E-state index in [1.165, 1.54) is 23.3 Å². The second kappa shape index (κ2) is 6.24. The number of anilines is 1. The first kappa shape index (κ1) is 12.7. The van der Waals surface area contributed by atoms with Gasteiger partial charge in [0.25, 0.3) is 0 Å². The van der Waals surface area contributed by atoms with Crippen molar-refractivity contribution in [3.05, 3.63) is 47.0 Å². The van der Waals surface area contributed by atoms with Gasteiger partial charge in [-0.15, -0.1) is 11.8 Å². The van der Waals surface area contributed by atoms with Gasteiger partial charge >= 0.3 is 0 Å². The number of nitrogens with zero attached hydrogens (tertiary/aromatic N) is 2. The van der Waals surface area contributed by atoms with Crippen molar-refractivity contribution in [1.29, 1.82) is 5.26 Å². The summed E-state index contributed by atoms with van der Waals surface area (Å²) < 4.78 is 4.23. The first-order valence-corrected chi connectivity index (χ1v) is 7.27. The molecule has 3 nitrogen and oxygen atoms in total. The van der Waals surface area contributed by atoms with E-state index < -0.39 is 0 Å². The van der Waals surface area contributed by atoms with Crippen molar-refractivity contribution in [2.45, 2.75) is 5.03 Å². The van der Waals surface area contributed by atoms with Gasteiger partial charge in [-0.25, -0.2) is 0 Å². The zero-order valence-electron chi connectivity index (χ0n) is 9.75. The van der Waals surface area contributed by atoms with E-state index in [-0.39, 0.29) is 0 Å². The Hall–Kier alpha value is -1.77. The van der Waals surface area contributed by atoms with Crippen LogP contribution >= 0.6 is 23.3 Å².